The summed E-state index contributed by atoms with van der Waals surface area (Å²) in [4.78, 5) is 8.79. The van der Waals surface area contributed by atoms with Gasteiger partial charge in [-0.25, -0.2) is 23.1 Å². The molecule has 0 saturated heterocycles. The van der Waals surface area contributed by atoms with E-state index in [1.165, 1.54) is 25.6 Å². The largest absolute Gasteiger partial charge is 0.495 e. The fourth-order valence-corrected chi connectivity index (χ4v) is 5.42. The highest BCUT2D eigenvalue weighted by atomic mass is 32.2. The number of anilines is 2. The number of nitrogen functional groups attached to an aromatic ring is 1. The number of rotatable bonds is 6. The van der Waals surface area contributed by atoms with Gasteiger partial charge in [0, 0.05) is 5.56 Å². The van der Waals surface area contributed by atoms with Crippen LogP contribution in [0.1, 0.15) is 31.7 Å². The molecule has 2 aromatic heterocycles. The number of nitrogens with one attached hydrogen (secondary N) is 1. The van der Waals surface area contributed by atoms with Crippen molar-refractivity contribution in [1.82, 2.24) is 19.7 Å². The van der Waals surface area contributed by atoms with E-state index in [1.54, 1.807) is 30.3 Å². The lowest BCUT2D eigenvalue weighted by Crippen LogP contribution is -2.13. The Morgan fingerprint density at radius 3 is 2.58 bits per heavy atom. The molecule has 10 heteroatoms. The molecule has 170 valence electrons. The smallest absolute Gasteiger partial charge is 0.262 e. The molecule has 5 rings (SSSR count). The lowest BCUT2D eigenvalue weighted by atomic mass is 10.1. The first-order valence-electron chi connectivity index (χ1n) is 10.7. The van der Waals surface area contributed by atoms with Crippen LogP contribution in [0.5, 0.6) is 5.75 Å². The summed E-state index contributed by atoms with van der Waals surface area (Å²) >= 11 is 0. The van der Waals surface area contributed by atoms with E-state index >= 15 is 0 Å². The fraction of sp³-hybridized carbons (Fsp3) is 0.261. The van der Waals surface area contributed by atoms with Crippen molar-refractivity contribution < 1.29 is 13.2 Å². The van der Waals surface area contributed by atoms with E-state index in [2.05, 4.69) is 14.7 Å². The highest BCUT2D eigenvalue weighted by molar-refractivity contribution is 7.92. The van der Waals surface area contributed by atoms with E-state index in [1.807, 2.05) is 10.7 Å². The van der Waals surface area contributed by atoms with Crippen molar-refractivity contribution in [1.29, 1.82) is 0 Å². The van der Waals surface area contributed by atoms with E-state index in [0.29, 0.717) is 39.5 Å². The fourth-order valence-electron chi connectivity index (χ4n) is 4.34. The van der Waals surface area contributed by atoms with Crippen LogP contribution in [0.15, 0.2) is 59.8 Å². The van der Waals surface area contributed by atoms with E-state index in [9.17, 15) is 8.42 Å². The quantitative estimate of drug-likeness (QED) is 0.442. The average Bonchev–Trinajstić information content (AvgIpc) is 3.48. The second-order valence-electron chi connectivity index (χ2n) is 8.02. The van der Waals surface area contributed by atoms with Crippen molar-refractivity contribution in [2.45, 2.75) is 36.6 Å². The molecule has 1 aliphatic carbocycles. The summed E-state index contributed by atoms with van der Waals surface area (Å²) in [6.45, 7) is 0. The van der Waals surface area contributed by atoms with E-state index in [-0.39, 0.29) is 10.9 Å². The minimum Gasteiger partial charge on any atom is -0.495 e. The van der Waals surface area contributed by atoms with Crippen LogP contribution in [0.3, 0.4) is 0 Å². The Bertz CT molecular complexity index is 1410. The maximum Gasteiger partial charge on any atom is 0.262 e. The van der Waals surface area contributed by atoms with Crippen molar-refractivity contribution in [3.8, 4) is 17.0 Å². The maximum atomic E-state index is 12.9. The first kappa shape index (κ1) is 21.2. The zero-order valence-corrected chi connectivity index (χ0v) is 18.9. The SMILES string of the molecule is COc1ccc(-c2nn(C3CCCC3)c3ncnc(N)c23)cc1NS(=O)(=O)c1ccccc1. The predicted molar refractivity (Wildman–Crippen MR) is 126 cm³/mol. The first-order chi connectivity index (χ1) is 16.0. The molecule has 0 radical (unpaired) electrons. The minimum absolute atomic E-state index is 0.158. The summed E-state index contributed by atoms with van der Waals surface area (Å²) in [5.41, 5.74) is 8.52. The number of methoxy groups -OCH3 is 1. The van der Waals surface area contributed by atoms with Gasteiger partial charge in [0.1, 0.15) is 23.6 Å². The third kappa shape index (κ3) is 3.86. The van der Waals surface area contributed by atoms with E-state index in [0.717, 1.165) is 25.7 Å². The number of fused-ring (bicyclic) bond motifs is 1. The molecule has 1 fully saturated rings. The van der Waals surface area contributed by atoms with Crippen LogP contribution >= 0.6 is 0 Å². The molecule has 0 amide bonds. The molecule has 33 heavy (non-hydrogen) atoms. The summed E-state index contributed by atoms with van der Waals surface area (Å²) < 4.78 is 35.9. The summed E-state index contributed by atoms with van der Waals surface area (Å²) in [7, 11) is -2.32. The van der Waals surface area contributed by atoms with Crippen LogP contribution in [0.25, 0.3) is 22.3 Å². The molecule has 0 bridgehead atoms. The zero-order chi connectivity index (χ0) is 23.0. The van der Waals surface area contributed by atoms with Gasteiger partial charge in [0.15, 0.2) is 5.65 Å². The van der Waals surface area contributed by atoms with Crippen molar-refractivity contribution in [3.05, 3.63) is 54.9 Å². The van der Waals surface area contributed by atoms with Gasteiger partial charge in [-0.05, 0) is 43.2 Å². The van der Waals surface area contributed by atoms with Crippen LogP contribution in [0.2, 0.25) is 0 Å². The topological polar surface area (TPSA) is 125 Å². The highest BCUT2D eigenvalue weighted by Crippen LogP contribution is 2.38. The summed E-state index contributed by atoms with van der Waals surface area (Å²) in [5.74, 6) is 0.725. The third-order valence-electron chi connectivity index (χ3n) is 5.96. The van der Waals surface area contributed by atoms with Gasteiger partial charge < -0.3 is 10.5 Å². The van der Waals surface area contributed by atoms with Gasteiger partial charge in [-0.1, -0.05) is 31.0 Å². The number of nitrogens with two attached hydrogens (primary N) is 1. The van der Waals surface area contributed by atoms with Crippen LogP contribution < -0.4 is 15.2 Å². The predicted octanol–water partition coefficient (Wildman–Crippen LogP) is 4.00. The lowest BCUT2D eigenvalue weighted by molar-refractivity contribution is 0.417. The number of hydrogen-bond donors (Lipinski definition) is 2. The minimum atomic E-state index is -3.81. The Morgan fingerprint density at radius 1 is 1.09 bits per heavy atom. The maximum absolute atomic E-state index is 12.9. The molecule has 1 aliphatic rings. The molecular weight excluding hydrogens is 440 g/mol. The van der Waals surface area contributed by atoms with Crippen LogP contribution in [-0.2, 0) is 10.0 Å². The third-order valence-corrected chi connectivity index (χ3v) is 7.34. The molecule has 2 aromatic carbocycles. The number of hydrogen-bond acceptors (Lipinski definition) is 7. The molecular formula is C23H24N6O3S. The molecule has 1 saturated carbocycles. The number of benzene rings is 2. The van der Waals surface area contributed by atoms with Gasteiger partial charge in [0.2, 0.25) is 0 Å². The highest BCUT2D eigenvalue weighted by Gasteiger charge is 2.25. The van der Waals surface area contributed by atoms with Crippen LogP contribution in [-0.4, -0.2) is 35.3 Å². The molecule has 0 spiro atoms. The molecule has 0 atom stereocenters. The van der Waals surface area contributed by atoms with E-state index in [4.69, 9.17) is 15.6 Å². The van der Waals surface area contributed by atoms with Crippen molar-refractivity contribution >= 4 is 32.6 Å². The van der Waals surface area contributed by atoms with E-state index < -0.39 is 10.0 Å². The number of sulfonamides is 1. The van der Waals surface area contributed by atoms with Gasteiger partial charge in [0.05, 0.1) is 29.1 Å². The second kappa shape index (κ2) is 8.36. The Kier molecular flexibility index (Phi) is 5.37. The Hall–Kier alpha value is -3.66. The number of nitrogens with zero attached hydrogens (tertiary/aromatic N) is 4. The van der Waals surface area contributed by atoms with Crippen LogP contribution in [0.4, 0.5) is 11.5 Å². The first-order valence-corrected chi connectivity index (χ1v) is 12.2. The second-order valence-corrected chi connectivity index (χ2v) is 9.70. The van der Waals surface area contributed by atoms with Gasteiger partial charge >= 0.3 is 0 Å². The zero-order valence-electron chi connectivity index (χ0n) is 18.1. The van der Waals surface area contributed by atoms with Gasteiger partial charge in [0.25, 0.3) is 10.0 Å². The van der Waals surface area contributed by atoms with Crippen molar-refractivity contribution in [2.24, 2.45) is 0 Å². The summed E-state index contributed by atoms with van der Waals surface area (Å²) in [5, 5.41) is 5.53. The van der Waals surface area contributed by atoms with Gasteiger partial charge in [-0.15, -0.1) is 0 Å². The number of ether oxygens (including phenoxy) is 1. The summed E-state index contributed by atoms with van der Waals surface area (Å²) in [6, 6.07) is 13.7. The molecule has 2 heterocycles. The average molecular weight is 465 g/mol. The lowest BCUT2D eigenvalue weighted by Gasteiger charge is -2.13. The number of aromatic nitrogens is 4. The Labute approximate surface area is 191 Å². The van der Waals surface area contributed by atoms with Gasteiger partial charge in [-0.3, -0.25) is 4.72 Å². The van der Waals surface area contributed by atoms with Gasteiger partial charge in [-0.2, -0.15) is 5.10 Å². The summed E-state index contributed by atoms with van der Waals surface area (Å²) in [6.07, 6.45) is 5.81. The standard InChI is InChI=1S/C23H24N6O3S/c1-32-19-12-11-15(13-18(19)28-33(30,31)17-9-3-2-4-10-17)21-20-22(24)25-14-26-23(20)29(27-21)16-7-5-6-8-16/h2-4,9-14,16,28H,5-8H2,1H3,(H2,24,25,26). The molecule has 0 aliphatic heterocycles. The Balaban J connectivity index is 1.62. The molecule has 9 nitrogen and oxygen atoms in total. The normalized spacial score (nSPS) is 14.6. The molecule has 4 aromatic rings. The Morgan fingerprint density at radius 2 is 1.85 bits per heavy atom. The monoisotopic (exact) mass is 464 g/mol. The van der Waals surface area contributed by atoms with Crippen LogP contribution in [0, 0.1) is 0 Å². The van der Waals surface area contributed by atoms with Crippen molar-refractivity contribution in [2.75, 3.05) is 17.6 Å². The molecule has 0 unspecified atom stereocenters. The van der Waals surface area contributed by atoms with Crippen molar-refractivity contribution in [3.63, 3.8) is 0 Å². The molecule has 3 N–H and O–H groups in total.